The number of aryl methyl sites for hydroxylation is 2. The lowest BCUT2D eigenvalue weighted by Crippen LogP contribution is -2.39. The number of alkyl halides is 6. The summed E-state index contributed by atoms with van der Waals surface area (Å²) in [5, 5.41) is 3.50. The summed E-state index contributed by atoms with van der Waals surface area (Å²) in [6, 6.07) is 0. The number of hydrogen-bond acceptors (Lipinski definition) is 2. The van der Waals surface area contributed by atoms with E-state index in [1.807, 2.05) is 0 Å². The molecular weight excluding hydrogens is 358 g/mol. The Balaban J connectivity index is 2.22. The highest BCUT2D eigenvalue weighted by atomic mass is 19.4. The molecule has 1 aromatic rings. The highest BCUT2D eigenvalue weighted by Gasteiger charge is 2.38. The van der Waals surface area contributed by atoms with Gasteiger partial charge < -0.3 is 10.6 Å². The smallest absolute Gasteiger partial charge is 0.348 e. The molecule has 6 nitrogen and oxygen atoms in total. The van der Waals surface area contributed by atoms with Gasteiger partial charge in [0.15, 0.2) is 0 Å². The molecule has 1 aromatic heterocycles. The molecule has 1 rings (SSSR count). The molecule has 0 radical (unpaired) electrons. The number of carbonyl (C=O) groups excluding carboxylic acids is 2. The number of imidazole rings is 1. The minimum Gasteiger partial charge on any atom is -0.348 e. The van der Waals surface area contributed by atoms with Crippen LogP contribution in [0.4, 0.5) is 26.3 Å². The van der Waals surface area contributed by atoms with Crippen LogP contribution in [0, 0.1) is 0 Å². The van der Waals surface area contributed by atoms with Gasteiger partial charge in [0.2, 0.25) is 6.33 Å². The molecule has 0 aromatic carbocycles. The maximum atomic E-state index is 12.0. The summed E-state index contributed by atoms with van der Waals surface area (Å²) in [6.45, 7) is 0.436. The largest absolute Gasteiger partial charge is 0.471 e. The summed E-state index contributed by atoms with van der Waals surface area (Å²) in [5.41, 5.74) is 0. The van der Waals surface area contributed by atoms with Crippen LogP contribution in [0.15, 0.2) is 18.7 Å². The summed E-state index contributed by atoms with van der Waals surface area (Å²) in [7, 11) is 0. The number of nitrogens with zero attached hydrogens (tertiary/aromatic N) is 2. The predicted octanol–water partition coefficient (Wildman–Crippen LogP) is 0.913. The van der Waals surface area contributed by atoms with Crippen molar-refractivity contribution < 1.29 is 40.5 Å². The number of nitrogens with one attached hydrogen (secondary N) is 2. The van der Waals surface area contributed by atoms with E-state index in [-0.39, 0.29) is 25.9 Å². The minimum absolute atomic E-state index is 0.139. The van der Waals surface area contributed by atoms with Gasteiger partial charge in [0.05, 0.1) is 13.1 Å². The molecule has 1 heterocycles. The van der Waals surface area contributed by atoms with Crippen molar-refractivity contribution in [2.24, 2.45) is 0 Å². The fourth-order valence-corrected chi connectivity index (χ4v) is 1.83. The SMILES string of the molecule is O=C(NCCCn1cc[n+](CCCNC(=O)C(F)(F)F)c1)C(F)(F)F. The van der Waals surface area contributed by atoms with Crippen molar-refractivity contribution in [3.8, 4) is 0 Å². The van der Waals surface area contributed by atoms with E-state index in [0.29, 0.717) is 13.1 Å². The molecule has 0 saturated heterocycles. The summed E-state index contributed by atoms with van der Waals surface area (Å²) in [4.78, 5) is 21.2. The number of carbonyl (C=O) groups is 2. The van der Waals surface area contributed by atoms with Crippen LogP contribution in [-0.2, 0) is 22.7 Å². The lowest BCUT2D eigenvalue weighted by Gasteiger charge is -2.06. The van der Waals surface area contributed by atoms with Gasteiger partial charge in [-0.25, -0.2) is 9.13 Å². The third kappa shape index (κ3) is 7.90. The van der Waals surface area contributed by atoms with E-state index in [4.69, 9.17) is 0 Å². The van der Waals surface area contributed by atoms with Gasteiger partial charge >= 0.3 is 24.2 Å². The molecule has 2 amide bonds. The monoisotopic (exact) mass is 375 g/mol. The van der Waals surface area contributed by atoms with Gasteiger partial charge in [0, 0.05) is 25.9 Å². The quantitative estimate of drug-likeness (QED) is 0.403. The molecule has 0 bridgehead atoms. The molecular formula is C13H17F6N4O2+. The Kier molecular flexibility index (Phi) is 7.24. The maximum absolute atomic E-state index is 12.0. The van der Waals surface area contributed by atoms with Crippen molar-refractivity contribution >= 4 is 11.8 Å². The summed E-state index contributed by atoms with van der Waals surface area (Å²) < 4.78 is 75.1. The highest BCUT2D eigenvalue weighted by Crippen LogP contribution is 2.14. The van der Waals surface area contributed by atoms with Crippen molar-refractivity contribution in [2.45, 2.75) is 38.3 Å². The minimum atomic E-state index is -4.90. The molecule has 0 saturated carbocycles. The fraction of sp³-hybridized carbons (Fsp3) is 0.615. The van der Waals surface area contributed by atoms with Crippen LogP contribution >= 0.6 is 0 Å². The van der Waals surface area contributed by atoms with Gasteiger partial charge in [0.1, 0.15) is 12.4 Å². The number of aromatic nitrogens is 2. The van der Waals surface area contributed by atoms with Crippen molar-refractivity contribution in [1.82, 2.24) is 15.2 Å². The molecule has 12 heteroatoms. The first kappa shape index (κ1) is 20.8. The van der Waals surface area contributed by atoms with E-state index in [0.717, 1.165) is 0 Å². The zero-order chi connectivity index (χ0) is 19.1. The molecule has 0 aliphatic rings. The second kappa shape index (κ2) is 8.72. The first-order chi connectivity index (χ1) is 11.5. The molecule has 0 fully saturated rings. The van der Waals surface area contributed by atoms with Crippen molar-refractivity contribution in [1.29, 1.82) is 0 Å². The molecule has 0 aliphatic heterocycles. The van der Waals surface area contributed by atoms with Crippen molar-refractivity contribution in [3.05, 3.63) is 18.7 Å². The zero-order valence-corrected chi connectivity index (χ0v) is 13.0. The van der Waals surface area contributed by atoms with Crippen LogP contribution in [0.25, 0.3) is 0 Å². The Labute approximate surface area is 138 Å². The second-order valence-electron chi connectivity index (χ2n) is 5.10. The van der Waals surface area contributed by atoms with Gasteiger partial charge in [-0.15, -0.1) is 0 Å². The van der Waals surface area contributed by atoms with E-state index >= 15 is 0 Å². The fourth-order valence-electron chi connectivity index (χ4n) is 1.83. The van der Waals surface area contributed by atoms with Gasteiger partial charge in [-0.1, -0.05) is 0 Å². The number of amides is 2. The first-order valence-corrected chi connectivity index (χ1v) is 7.25. The molecule has 0 atom stereocenters. The zero-order valence-electron chi connectivity index (χ0n) is 13.0. The highest BCUT2D eigenvalue weighted by molar-refractivity contribution is 5.81. The van der Waals surface area contributed by atoms with E-state index in [9.17, 15) is 35.9 Å². The molecule has 0 spiro atoms. The summed E-state index contributed by atoms with van der Waals surface area (Å²) in [6.07, 6.45) is -4.36. The normalized spacial score (nSPS) is 12.1. The average molecular weight is 375 g/mol. The van der Waals surface area contributed by atoms with Crippen LogP contribution in [-0.4, -0.2) is 41.8 Å². The molecule has 142 valence electrons. The predicted molar refractivity (Wildman–Crippen MR) is 72.0 cm³/mol. The van der Waals surface area contributed by atoms with E-state index < -0.39 is 24.2 Å². The molecule has 2 N–H and O–H groups in total. The van der Waals surface area contributed by atoms with Crippen LogP contribution in [0.3, 0.4) is 0 Å². The number of rotatable bonds is 8. The van der Waals surface area contributed by atoms with Gasteiger partial charge in [-0.3, -0.25) is 9.59 Å². The average Bonchev–Trinajstić information content (AvgIpc) is 2.93. The van der Waals surface area contributed by atoms with Crippen LogP contribution in [0.2, 0.25) is 0 Å². The van der Waals surface area contributed by atoms with E-state index in [1.54, 1.807) is 38.5 Å². The third-order valence-electron chi connectivity index (χ3n) is 3.02. The molecule has 0 unspecified atom stereocenters. The van der Waals surface area contributed by atoms with Crippen LogP contribution in [0.1, 0.15) is 12.8 Å². The standard InChI is InChI=1S/C13H16F6N4O2/c14-12(15,16)10(24)20-3-1-5-22-7-8-23(9-22)6-2-4-21-11(25)13(17,18)19/h7-9H,1-6H2,(H-,20,21,24,25)/p+1. The molecule has 0 aliphatic carbocycles. The number of hydrogen-bond donors (Lipinski definition) is 2. The Hall–Kier alpha value is -2.27. The second-order valence-corrected chi connectivity index (χ2v) is 5.10. The topological polar surface area (TPSA) is 67.0 Å². The third-order valence-corrected chi connectivity index (χ3v) is 3.02. The number of halogens is 6. The molecule has 25 heavy (non-hydrogen) atoms. The van der Waals surface area contributed by atoms with Crippen molar-refractivity contribution in [3.63, 3.8) is 0 Å². The maximum Gasteiger partial charge on any atom is 0.471 e. The summed E-state index contributed by atoms with van der Waals surface area (Å²) >= 11 is 0. The van der Waals surface area contributed by atoms with Gasteiger partial charge in [-0.05, 0) is 0 Å². The van der Waals surface area contributed by atoms with E-state index in [2.05, 4.69) is 0 Å². The van der Waals surface area contributed by atoms with Gasteiger partial charge in [0.25, 0.3) is 0 Å². The lowest BCUT2D eigenvalue weighted by molar-refractivity contribution is -0.696. The van der Waals surface area contributed by atoms with Crippen LogP contribution in [0.5, 0.6) is 0 Å². The van der Waals surface area contributed by atoms with E-state index in [1.165, 1.54) is 0 Å². The summed E-state index contributed by atoms with van der Waals surface area (Å²) in [5.74, 6) is -3.98. The lowest BCUT2D eigenvalue weighted by atomic mass is 10.4. The Bertz CT molecular complexity index is 533. The van der Waals surface area contributed by atoms with Crippen molar-refractivity contribution in [2.75, 3.05) is 13.1 Å². The first-order valence-electron chi connectivity index (χ1n) is 7.25. The van der Waals surface area contributed by atoms with Gasteiger partial charge in [-0.2, -0.15) is 26.3 Å². The Morgan fingerprint density at radius 2 is 1.44 bits per heavy atom. The Morgan fingerprint density at radius 1 is 0.920 bits per heavy atom. The Morgan fingerprint density at radius 3 is 1.96 bits per heavy atom. The van der Waals surface area contributed by atoms with Crippen LogP contribution < -0.4 is 15.2 Å².